The quantitative estimate of drug-likeness (QED) is 0.674. The Morgan fingerprint density at radius 3 is 2.48 bits per heavy atom. The lowest BCUT2D eigenvalue weighted by atomic mass is 10.0. The van der Waals surface area contributed by atoms with E-state index in [2.05, 4.69) is 10.2 Å². The normalized spacial score (nSPS) is 10.6. The number of benzene rings is 2. The number of ether oxygens (including phenoxy) is 1. The van der Waals surface area contributed by atoms with Gasteiger partial charge in [-0.05, 0) is 12.5 Å². The molecule has 21 heavy (non-hydrogen) atoms. The van der Waals surface area contributed by atoms with E-state index in [-0.39, 0.29) is 0 Å². The second-order valence-corrected chi connectivity index (χ2v) is 4.75. The fourth-order valence-corrected chi connectivity index (χ4v) is 2.38. The average Bonchev–Trinajstić information content (AvgIpc) is 2.54. The maximum Gasteiger partial charge on any atom is 0.340 e. The summed E-state index contributed by atoms with van der Waals surface area (Å²) in [4.78, 5) is 12.2. The first-order chi connectivity index (χ1) is 10.2. The van der Waals surface area contributed by atoms with Gasteiger partial charge in [-0.3, -0.25) is 0 Å². The van der Waals surface area contributed by atoms with E-state index < -0.39 is 5.97 Å². The van der Waals surface area contributed by atoms with E-state index in [9.17, 15) is 4.79 Å². The van der Waals surface area contributed by atoms with Crippen molar-refractivity contribution in [3.63, 3.8) is 0 Å². The Bertz CT molecular complexity index is 814. The third-order valence-corrected chi connectivity index (χ3v) is 3.43. The molecule has 4 nitrogen and oxygen atoms in total. The largest absolute Gasteiger partial charge is 0.465 e. The highest BCUT2D eigenvalue weighted by Gasteiger charge is 2.20. The lowest BCUT2D eigenvalue weighted by Crippen LogP contribution is -2.08. The van der Waals surface area contributed by atoms with Crippen molar-refractivity contribution in [1.29, 1.82) is 0 Å². The summed E-state index contributed by atoms with van der Waals surface area (Å²) in [5.74, 6) is -0.403. The second-order valence-electron chi connectivity index (χ2n) is 4.75. The van der Waals surface area contributed by atoms with Crippen molar-refractivity contribution in [3.8, 4) is 11.3 Å². The van der Waals surface area contributed by atoms with Crippen LogP contribution in [0.3, 0.4) is 0 Å². The molecule has 4 heteroatoms. The van der Waals surface area contributed by atoms with E-state index in [1.54, 1.807) is 0 Å². The van der Waals surface area contributed by atoms with Gasteiger partial charge in [0.05, 0.1) is 18.2 Å². The summed E-state index contributed by atoms with van der Waals surface area (Å²) in [7, 11) is 1.37. The van der Waals surface area contributed by atoms with Gasteiger partial charge >= 0.3 is 5.97 Å². The van der Waals surface area contributed by atoms with Gasteiger partial charge < -0.3 is 4.74 Å². The Morgan fingerprint density at radius 1 is 1.00 bits per heavy atom. The number of methoxy groups -OCH3 is 1. The molecule has 0 fully saturated rings. The van der Waals surface area contributed by atoms with Crippen LogP contribution in [0.2, 0.25) is 0 Å². The number of aromatic nitrogens is 2. The van der Waals surface area contributed by atoms with Gasteiger partial charge in [-0.25, -0.2) is 4.79 Å². The standard InChI is InChI=1S/C17H14N2O2/c1-11-7-6-10-13-14(17(20)21-2)16(19-18-15(11)13)12-8-4-3-5-9-12/h3-10H,1-2H3. The third-order valence-electron chi connectivity index (χ3n) is 3.43. The molecule has 3 aromatic rings. The molecular weight excluding hydrogens is 264 g/mol. The van der Waals surface area contributed by atoms with Crippen LogP contribution in [0.25, 0.3) is 22.2 Å². The number of nitrogens with zero attached hydrogens (tertiary/aromatic N) is 2. The molecule has 0 atom stereocenters. The van der Waals surface area contributed by atoms with Crippen LogP contribution in [0.4, 0.5) is 0 Å². The number of esters is 1. The lowest BCUT2D eigenvalue weighted by molar-refractivity contribution is 0.0603. The molecule has 0 aliphatic rings. The van der Waals surface area contributed by atoms with Gasteiger partial charge in [-0.2, -0.15) is 0 Å². The molecule has 0 saturated carbocycles. The number of rotatable bonds is 2. The van der Waals surface area contributed by atoms with Crippen molar-refractivity contribution < 1.29 is 9.53 Å². The minimum Gasteiger partial charge on any atom is -0.465 e. The molecule has 0 spiro atoms. The fourth-order valence-electron chi connectivity index (χ4n) is 2.38. The van der Waals surface area contributed by atoms with Gasteiger partial charge in [-0.1, -0.05) is 48.5 Å². The van der Waals surface area contributed by atoms with Crippen LogP contribution in [0.5, 0.6) is 0 Å². The van der Waals surface area contributed by atoms with Crippen molar-refractivity contribution in [3.05, 3.63) is 59.7 Å². The molecule has 0 aliphatic carbocycles. The predicted molar refractivity (Wildman–Crippen MR) is 81.1 cm³/mol. The molecule has 0 bridgehead atoms. The zero-order valence-corrected chi connectivity index (χ0v) is 11.8. The van der Waals surface area contributed by atoms with Gasteiger partial charge in [0.25, 0.3) is 0 Å². The molecule has 0 unspecified atom stereocenters. The van der Waals surface area contributed by atoms with Crippen LogP contribution in [0.15, 0.2) is 48.5 Å². The number of carbonyl (C=O) groups is 1. The van der Waals surface area contributed by atoms with Gasteiger partial charge in [0.2, 0.25) is 0 Å². The Hall–Kier alpha value is -2.75. The highest BCUT2D eigenvalue weighted by molar-refractivity contribution is 6.08. The number of hydrogen-bond acceptors (Lipinski definition) is 4. The summed E-state index contributed by atoms with van der Waals surface area (Å²) in [6.07, 6.45) is 0. The number of aryl methyl sites for hydroxylation is 1. The smallest absolute Gasteiger partial charge is 0.340 e. The minimum atomic E-state index is -0.403. The summed E-state index contributed by atoms with van der Waals surface area (Å²) in [5, 5.41) is 9.29. The number of fused-ring (bicyclic) bond motifs is 1. The zero-order chi connectivity index (χ0) is 14.8. The summed E-state index contributed by atoms with van der Waals surface area (Å²) in [6.45, 7) is 1.94. The second kappa shape index (κ2) is 5.32. The van der Waals surface area contributed by atoms with Crippen molar-refractivity contribution in [2.75, 3.05) is 7.11 Å². The van der Waals surface area contributed by atoms with E-state index in [1.807, 2.05) is 55.5 Å². The number of hydrogen-bond donors (Lipinski definition) is 0. The Balaban J connectivity index is 2.38. The Labute approximate surface area is 122 Å². The SMILES string of the molecule is COC(=O)c1c(-c2ccccc2)nnc2c(C)cccc12. The first-order valence-electron chi connectivity index (χ1n) is 6.62. The van der Waals surface area contributed by atoms with E-state index in [1.165, 1.54) is 7.11 Å². The molecule has 0 aliphatic heterocycles. The van der Waals surface area contributed by atoms with Crippen molar-refractivity contribution in [1.82, 2.24) is 10.2 Å². The molecule has 0 amide bonds. The molecule has 0 saturated heterocycles. The third kappa shape index (κ3) is 2.25. The van der Waals surface area contributed by atoms with E-state index in [0.717, 1.165) is 22.0 Å². The maximum absolute atomic E-state index is 12.2. The molecular formula is C17H14N2O2. The predicted octanol–water partition coefficient (Wildman–Crippen LogP) is 3.39. The van der Waals surface area contributed by atoms with Gasteiger partial charge in [-0.15, -0.1) is 10.2 Å². The van der Waals surface area contributed by atoms with Crippen molar-refractivity contribution in [2.45, 2.75) is 6.92 Å². The Morgan fingerprint density at radius 2 is 1.76 bits per heavy atom. The topological polar surface area (TPSA) is 52.1 Å². The highest BCUT2D eigenvalue weighted by atomic mass is 16.5. The summed E-state index contributed by atoms with van der Waals surface area (Å²) < 4.78 is 4.94. The van der Waals surface area contributed by atoms with Crippen molar-refractivity contribution >= 4 is 16.9 Å². The molecule has 1 aromatic heterocycles. The van der Waals surface area contributed by atoms with Crippen LogP contribution in [-0.4, -0.2) is 23.3 Å². The van der Waals surface area contributed by atoms with Crippen LogP contribution in [-0.2, 0) is 4.74 Å². The molecule has 2 aromatic carbocycles. The van der Waals surface area contributed by atoms with E-state index in [0.29, 0.717) is 11.3 Å². The molecule has 0 N–H and O–H groups in total. The van der Waals surface area contributed by atoms with E-state index in [4.69, 9.17) is 4.74 Å². The average molecular weight is 278 g/mol. The first-order valence-corrected chi connectivity index (χ1v) is 6.62. The molecule has 1 heterocycles. The van der Waals surface area contributed by atoms with Crippen LogP contribution in [0.1, 0.15) is 15.9 Å². The highest BCUT2D eigenvalue weighted by Crippen LogP contribution is 2.28. The van der Waals surface area contributed by atoms with Gasteiger partial charge in [0, 0.05) is 10.9 Å². The fraction of sp³-hybridized carbons (Fsp3) is 0.118. The Kier molecular flexibility index (Phi) is 3.36. The number of carbonyl (C=O) groups excluding carboxylic acids is 1. The molecule has 104 valence electrons. The maximum atomic E-state index is 12.2. The lowest BCUT2D eigenvalue weighted by Gasteiger charge is -2.10. The van der Waals surface area contributed by atoms with Crippen LogP contribution in [0, 0.1) is 6.92 Å². The molecule has 3 rings (SSSR count). The first kappa shape index (κ1) is 13.2. The van der Waals surface area contributed by atoms with Gasteiger partial charge in [0.1, 0.15) is 5.69 Å². The van der Waals surface area contributed by atoms with Gasteiger partial charge in [0.15, 0.2) is 0 Å². The van der Waals surface area contributed by atoms with Crippen molar-refractivity contribution in [2.24, 2.45) is 0 Å². The summed E-state index contributed by atoms with van der Waals surface area (Å²) >= 11 is 0. The summed E-state index contributed by atoms with van der Waals surface area (Å²) in [6, 6.07) is 15.2. The van der Waals surface area contributed by atoms with Crippen LogP contribution >= 0.6 is 0 Å². The zero-order valence-electron chi connectivity index (χ0n) is 11.8. The summed E-state index contributed by atoms with van der Waals surface area (Å²) in [5.41, 5.74) is 3.54. The minimum absolute atomic E-state index is 0.403. The molecule has 0 radical (unpaired) electrons. The van der Waals surface area contributed by atoms with E-state index >= 15 is 0 Å². The van der Waals surface area contributed by atoms with Crippen LogP contribution < -0.4 is 0 Å². The monoisotopic (exact) mass is 278 g/mol.